The predicted molar refractivity (Wildman–Crippen MR) is 63.2 cm³/mol. The fraction of sp³-hybridized carbons (Fsp3) is 0.167. The summed E-state index contributed by atoms with van der Waals surface area (Å²) in [6.07, 6.45) is -2.52. The van der Waals surface area contributed by atoms with Crippen LogP contribution in [0.1, 0.15) is 10.4 Å². The molecule has 0 spiro atoms. The molecule has 6 heteroatoms. The molecule has 0 aliphatic carbocycles. The maximum absolute atomic E-state index is 12.1. The van der Waals surface area contributed by atoms with Crippen LogP contribution in [0.25, 0.3) is 10.9 Å². The lowest BCUT2D eigenvalue weighted by Crippen LogP contribution is -2.12. The summed E-state index contributed by atoms with van der Waals surface area (Å²) in [6, 6.07) is 7.92. The fourth-order valence-corrected chi connectivity index (χ4v) is 1.62. The molecule has 0 bridgehead atoms. The van der Waals surface area contributed by atoms with E-state index in [9.17, 15) is 13.6 Å². The number of carboxylic acid groups (broad SMARTS) is 1. The summed E-state index contributed by atoms with van der Waals surface area (Å²) in [5.74, 6) is -0.986. The van der Waals surface area contributed by atoms with E-state index in [1.807, 2.05) is 0 Å². The summed E-state index contributed by atoms with van der Waals surface area (Å²) in [5.41, 5.74) is 0.492. The number of aromatic nitrogens is 1. The molecule has 0 fully saturated rings. The van der Waals surface area contributed by atoms with Gasteiger partial charge in [0.15, 0.2) is 0 Å². The lowest BCUT2D eigenvalue weighted by Gasteiger charge is -2.08. The Bertz CT molecular complexity index is 587. The van der Waals surface area contributed by atoms with E-state index in [1.54, 1.807) is 24.3 Å². The Morgan fingerprint density at radius 2 is 2.11 bits per heavy atom. The number of rotatable bonds is 4. The molecule has 94 valence electrons. The number of alkyl halides is 2. The normalized spacial score (nSPS) is 10.8. The van der Waals surface area contributed by atoms with E-state index in [1.165, 1.54) is 6.07 Å². The molecule has 0 aliphatic heterocycles. The number of pyridine rings is 1. The van der Waals surface area contributed by atoms with Gasteiger partial charge in [0.1, 0.15) is 5.82 Å². The third-order valence-electron chi connectivity index (χ3n) is 2.38. The Balaban J connectivity index is 2.47. The van der Waals surface area contributed by atoms with Crippen molar-refractivity contribution in [1.82, 2.24) is 4.98 Å². The average molecular weight is 252 g/mol. The lowest BCUT2D eigenvalue weighted by molar-refractivity contribution is 0.0699. The van der Waals surface area contributed by atoms with Crippen LogP contribution in [0.15, 0.2) is 30.3 Å². The van der Waals surface area contributed by atoms with E-state index in [4.69, 9.17) is 5.11 Å². The van der Waals surface area contributed by atoms with Gasteiger partial charge in [0.2, 0.25) is 0 Å². The smallest absolute Gasteiger partial charge is 0.336 e. The highest BCUT2D eigenvalue weighted by Gasteiger charge is 2.12. The Morgan fingerprint density at radius 1 is 1.39 bits per heavy atom. The van der Waals surface area contributed by atoms with Crippen LogP contribution in [0.3, 0.4) is 0 Å². The van der Waals surface area contributed by atoms with Gasteiger partial charge in [-0.25, -0.2) is 18.6 Å². The number of benzene rings is 1. The van der Waals surface area contributed by atoms with Crippen molar-refractivity contribution < 1.29 is 18.7 Å². The van der Waals surface area contributed by atoms with Gasteiger partial charge in [-0.3, -0.25) is 0 Å². The number of halogens is 2. The van der Waals surface area contributed by atoms with Gasteiger partial charge in [-0.15, -0.1) is 0 Å². The summed E-state index contributed by atoms with van der Waals surface area (Å²) in [6.45, 7) is -0.565. The average Bonchev–Trinajstić information content (AvgIpc) is 2.35. The fourth-order valence-electron chi connectivity index (χ4n) is 1.62. The number of carbonyl (C=O) groups is 1. The minimum atomic E-state index is -2.52. The first-order chi connectivity index (χ1) is 8.58. The van der Waals surface area contributed by atoms with Crippen molar-refractivity contribution in [3.63, 3.8) is 0 Å². The molecule has 0 atom stereocenters. The molecule has 0 aliphatic rings. The summed E-state index contributed by atoms with van der Waals surface area (Å²) >= 11 is 0. The van der Waals surface area contributed by atoms with E-state index in [2.05, 4.69) is 10.3 Å². The van der Waals surface area contributed by atoms with Gasteiger partial charge >= 0.3 is 5.97 Å². The van der Waals surface area contributed by atoms with Crippen LogP contribution in [0.4, 0.5) is 14.6 Å². The predicted octanol–water partition coefficient (Wildman–Crippen LogP) is 2.61. The molecule has 4 nitrogen and oxygen atoms in total. The third-order valence-corrected chi connectivity index (χ3v) is 2.38. The quantitative estimate of drug-likeness (QED) is 0.878. The van der Waals surface area contributed by atoms with Crippen molar-refractivity contribution in [2.75, 3.05) is 11.9 Å². The van der Waals surface area contributed by atoms with Crippen molar-refractivity contribution in [3.8, 4) is 0 Å². The SMILES string of the molecule is O=C(O)c1cc(NCC(F)F)nc2ccccc12. The van der Waals surface area contributed by atoms with Crippen molar-refractivity contribution in [3.05, 3.63) is 35.9 Å². The first-order valence-electron chi connectivity index (χ1n) is 5.23. The number of carboxylic acids is 1. The molecule has 0 saturated heterocycles. The Labute approximate surface area is 101 Å². The second-order valence-electron chi connectivity index (χ2n) is 3.65. The van der Waals surface area contributed by atoms with Gasteiger partial charge < -0.3 is 10.4 Å². The maximum Gasteiger partial charge on any atom is 0.336 e. The van der Waals surface area contributed by atoms with Gasteiger partial charge in [0, 0.05) is 5.39 Å². The van der Waals surface area contributed by atoms with Crippen molar-refractivity contribution >= 4 is 22.7 Å². The highest BCUT2D eigenvalue weighted by Crippen LogP contribution is 2.20. The Hall–Kier alpha value is -2.24. The number of hydrogen-bond acceptors (Lipinski definition) is 3. The number of nitrogens with zero attached hydrogens (tertiary/aromatic N) is 1. The molecular formula is C12H10F2N2O2. The van der Waals surface area contributed by atoms with Gasteiger partial charge in [-0.1, -0.05) is 18.2 Å². The van der Waals surface area contributed by atoms with Crippen molar-refractivity contribution in [2.24, 2.45) is 0 Å². The van der Waals surface area contributed by atoms with E-state index >= 15 is 0 Å². The largest absolute Gasteiger partial charge is 0.478 e. The molecule has 1 heterocycles. The minimum absolute atomic E-state index is 0.0392. The van der Waals surface area contributed by atoms with Gasteiger partial charge in [-0.2, -0.15) is 0 Å². The first kappa shape index (κ1) is 12.2. The van der Waals surface area contributed by atoms with Crippen LogP contribution in [0, 0.1) is 0 Å². The standard InChI is InChI=1S/C12H10F2N2O2/c13-10(14)6-15-11-5-8(12(17)18)7-3-1-2-4-9(7)16-11/h1-5,10H,6H2,(H,15,16)(H,17,18). The molecule has 1 aromatic carbocycles. The van der Waals surface area contributed by atoms with E-state index in [0.717, 1.165) is 0 Å². The molecule has 0 amide bonds. The number of fused-ring (bicyclic) bond motifs is 1. The Morgan fingerprint density at radius 3 is 2.78 bits per heavy atom. The zero-order chi connectivity index (χ0) is 13.1. The summed E-state index contributed by atoms with van der Waals surface area (Å²) in [4.78, 5) is 15.2. The van der Waals surface area contributed by atoms with Crippen LogP contribution < -0.4 is 5.32 Å². The second kappa shape index (κ2) is 4.95. The summed E-state index contributed by atoms with van der Waals surface area (Å²) < 4.78 is 24.2. The zero-order valence-electron chi connectivity index (χ0n) is 9.23. The van der Waals surface area contributed by atoms with Gasteiger partial charge in [-0.05, 0) is 12.1 Å². The topological polar surface area (TPSA) is 62.2 Å². The zero-order valence-corrected chi connectivity index (χ0v) is 9.23. The van der Waals surface area contributed by atoms with Crippen LogP contribution in [-0.4, -0.2) is 29.0 Å². The monoisotopic (exact) mass is 252 g/mol. The molecule has 18 heavy (non-hydrogen) atoms. The number of anilines is 1. The third kappa shape index (κ3) is 2.53. The molecule has 2 rings (SSSR count). The Kier molecular flexibility index (Phi) is 3.36. The summed E-state index contributed by atoms with van der Waals surface area (Å²) in [7, 11) is 0. The van der Waals surface area contributed by atoms with Gasteiger partial charge in [0.05, 0.1) is 17.6 Å². The number of nitrogens with one attached hydrogen (secondary N) is 1. The number of hydrogen-bond donors (Lipinski definition) is 2. The van der Waals surface area contributed by atoms with Crippen molar-refractivity contribution in [2.45, 2.75) is 6.43 Å². The number of para-hydroxylation sites is 1. The maximum atomic E-state index is 12.1. The van der Waals surface area contributed by atoms with Gasteiger partial charge in [0.25, 0.3) is 6.43 Å². The van der Waals surface area contributed by atoms with E-state index in [0.29, 0.717) is 10.9 Å². The molecule has 2 aromatic rings. The molecule has 0 unspecified atom stereocenters. The van der Waals surface area contributed by atoms with Crippen LogP contribution >= 0.6 is 0 Å². The van der Waals surface area contributed by atoms with Crippen LogP contribution in [0.2, 0.25) is 0 Å². The molecule has 0 saturated carbocycles. The minimum Gasteiger partial charge on any atom is -0.478 e. The second-order valence-corrected chi connectivity index (χ2v) is 3.65. The van der Waals surface area contributed by atoms with E-state index in [-0.39, 0.29) is 11.4 Å². The highest BCUT2D eigenvalue weighted by atomic mass is 19.3. The highest BCUT2D eigenvalue weighted by molar-refractivity contribution is 6.03. The van der Waals surface area contributed by atoms with Crippen molar-refractivity contribution in [1.29, 1.82) is 0 Å². The molecule has 0 radical (unpaired) electrons. The lowest BCUT2D eigenvalue weighted by atomic mass is 10.1. The molecule has 2 N–H and O–H groups in total. The van der Waals surface area contributed by atoms with Crippen LogP contribution in [-0.2, 0) is 0 Å². The molecule has 1 aromatic heterocycles. The summed E-state index contributed by atoms with van der Waals surface area (Å²) in [5, 5.41) is 12.0. The van der Waals surface area contributed by atoms with E-state index < -0.39 is 18.9 Å². The molecular weight excluding hydrogens is 242 g/mol. The number of aromatic carboxylic acids is 1. The first-order valence-corrected chi connectivity index (χ1v) is 5.23. The van der Waals surface area contributed by atoms with Crippen LogP contribution in [0.5, 0.6) is 0 Å².